The van der Waals surface area contributed by atoms with Crippen molar-refractivity contribution in [3.8, 4) is 17.0 Å². The predicted molar refractivity (Wildman–Crippen MR) is 125 cm³/mol. The molecular formula is C23H23F5N8O2. The Labute approximate surface area is 212 Å². The van der Waals surface area contributed by atoms with Crippen LogP contribution in [0.5, 0.6) is 5.88 Å². The number of fused-ring (bicyclic) bond motifs is 2. The van der Waals surface area contributed by atoms with Crippen molar-refractivity contribution in [2.45, 2.75) is 37.1 Å². The van der Waals surface area contributed by atoms with Crippen molar-refractivity contribution in [1.82, 2.24) is 34.5 Å². The smallest absolute Gasteiger partial charge is 0.410 e. The van der Waals surface area contributed by atoms with E-state index in [0.717, 1.165) is 11.6 Å². The predicted octanol–water partition coefficient (Wildman–Crippen LogP) is 3.40. The van der Waals surface area contributed by atoms with Crippen LogP contribution in [0.25, 0.3) is 27.7 Å². The molecule has 202 valence electrons. The van der Waals surface area contributed by atoms with E-state index in [1.165, 1.54) is 11.6 Å². The number of nitrogens with zero attached hydrogens (tertiary/aromatic N) is 7. The van der Waals surface area contributed by atoms with Gasteiger partial charge in [0.05, 0.1) is 38.4 Å². The second-order valence-corrected chi connectivity index (χ2v) is 9.50. The largest absolute Gasteiger partial charge is 0.479 e. The van der Waals surface area contributed by atoms with E-state index >= 15 is 0 Å². The van der Waals surface area contributed by atoms with Gasteiger partial charge in [0, 0.05) is 18.3 Å². The maximum absolute atomic E-state index is 14.7. The molecule has 38 heavy (non-hydrogen) atoms. The molecule has 0 spiro atoms. The summed E-state index contributed by atoms with van der Waals surface area (Å²) in [6, 6.07) is 3.41. The van der Waals surface area contributed by atoms with Gasteiger partial charge in [0.2, 0.25) is 11.8 Å². The van der Waals surface area contributed by atoms with E-state index in [-0.39, 0.29) is 36.5 Å². The van der Waals surface area contributed by atoms with Crippen molar-refractivity contribution in [2.24, 2.45) is 0 Å². The minimum atomic E-state index is -4.50. The minimum absolute atomic E-state index is 0.0272. The van der Waals surface area contributed by atoms with Crippen LogP contribution in [0.15, 0.2) is 30.5 Å². The molecular weight excluding hydrogens is 515 g/mol. The Morgan fingerprint density at radius 1 is 1.21 bits per heavy atom. The lowest BCUT2D eigenvalue weighted by Gasteiger charge is -2.34. The number of methoxy groups -OCH3 is 1. The van der Waals surface area contributed by atoms with Crippen LogP contribution in [-0.4, -0.2) is 92.1 Å². The van der Waals surface area contributed by atoms with Crippen molar-refractivity contribution < 1.29 is 31.4 Å². The fraction of sp³-hybridized carbons (Fsp3) is 0.478. The average Bonchev–Trinajstić information content (AvgIpc) is 3.51. The molecule has 6 rings (SSSR count). The van der Waals surface area contributed by atoms with Gasteiger partial charge in [-0.1, -0.05) is 11.3 Å². The molecule has 3 aromatic heterocycles. The monoisotopic (exact) mass is 538 g/mol. The van der Waals surface area contributed by atoms with Gasteiger partial charge in [-0.05, 0) is 30.7 Å². The Bertz CT molecular complexity index is 1500. The molecule has 0 saturated carbocycles. The summed E-state index contributed by atoms with van der Waals surface area (Å²) in [6.45, 7) is 1.60. The number of hydrogen-bond donors (Lipinski definition) is 1. The van der Waals surface area contributed by atoms with E-state index in [0.29, 0.717) is 35.4 Å². The number of aromatic nitrogens is 6. The van der Waals surface area contributed by atoms with Crippen molar-refractivity contribution >= 4 is 22.5 Å². The first kappa shape index (κ1) is 24.7. The highest BCUT2D eigenvalue weighted by atomic mass is 19.4. The second-order valence-electron chi connectivity index (χ2n) is 9.50. The third kappa shape index (κ3) is 4.09. The summed E-state index contributed by atoms with van der Waals surface area (Å²) in [5.41, 5.74) is 2.07. The zero-order valence-electron chi connectivity index (χ0n) is 20.3. The number of likely N-dealkylation sites (tertiary alicyclic amines) is 1. The van der Waals surface area contributed by atoms with E-state index in [9.17, 15) is 22.0 Å². The number of ether oxygens (including phenoxy) is 2. The fourth-order valence-corrected chi connectivity index (χ4v) is 4.79. The molecule has 2 atom stereocenters. The van der Waals surface area contributed by atoms with Crippen molar-refractivity contribution in [3.63, 3.8) is 0 Å². The van der Waals surface area contributed by atoms with Gasteiger partial charge in [0.25, 0.3) is 5.92 Å². The van der Waals surface area contributed by atoms with E-state index in [4.69, 9.17) is 9.47 Å². The topological polar surface area (TPSA) is 94.6 Å². The van der Waals surface area contributed by atoms with Crippen molar-refractivity contribution in [1.29, 1.82) is 0 Å². The number of nitrogens with one attached hydrogen (secondary N) is 1. The minimum Gasteiger partial charge on any atom is -0.479 e. The molecule has 0 bridgehead atoms. The van der Waals surface area contributed by atoms with Crippen LogP contribution in [0.1, 0.15) is 13.0 Å². The van der Waals surface area contributed by atoms with E-state index in [1.54, 1.807) is 35.4 Å². The van der Waals surface area contributed by atoms with E-state index in [1.807, 2.05) is 0 Å². The van der Waals surface area contributed by atoms with E-state index in [2.05, 4.69) is 25.7 Å². The Kier molecular flexibility index (Phi) is 5.68. The van der Waals surface area contributed by atoms with Gasteiger partial charge >= 0.3 is 6.18 Å². The van der Waals surface area contributed by atoms with Crippen molar-refractivity contribution in [3.05, 3.63) is 30.5 Å². The highest BCUT2D eigenvalue weighted by molar-refractivity contribution is 5.89. The summed E-state index contributed by atoms with van der Waals surface area (Å²) < 4.78 is 82.4. The summed E-state index contributed by atoms with van der Waals surface area (Å²) in [7, 11) is 1.39. The Morgan fingerprint density at radius 2 is 2.00 bits per heavy atom. The number of anilines is 1. The molecule has 4 aromatic rings. The second kappa shape index (κ2) is 8.73. The molecule has 5 heterocycles. The molecule has 0 radical (unpaired) electrons. The Morgan fingerprint density at radius 3 is 2.68 bits per heavy atom. The van der Waals surface area contributed by atoms with Gasteiger partial charge in [-0.25, -0.2) is 18.0 Å². The number of alkyl halides is 5. The maximum Gasteiger partial charge on any atom is 0.410 e. The molecule has 0 unspecified atom stereocenters. The molecule has 0 aliphatic carbocycles. The lowest BCUT2D eigenvalue weighted by atomic mass is 10.1. The number of benzene rings is 1. The first-order valence-corrected chi connectivity index (χ1v) is 11.9. The molecule has 1 aromatic carbocycles. The zero-order chi connectivity index (χ0) is 26.8. The summed E-state index contributed by atoms with van der Waals surface area (Å²) in [6.07, 6.45) is -2.90. The molecule has 10 nitrogen and oxygen atoms in total. The highest BCUT2D eigenvalue weighted by Crippen LogP contribution is 2.36. The highest BCUT2D eigenvalue weighted by Gasteiger charge is 2.51. The summed E-state index contributed by atoms with van der Waals surface area (Å²) >= 11 is 0. The average molecular weight is 538 g/mol. The SMILES string of the molecule is COc1nc(N[C@@H]2CN(C3COC3)CC2(F)F)nn2ccc(-c3ccc4nnn([C@H](C)C(F)(F)F)c4c3)c12. The van der Waals surface area contributed by atoms with Gasteiger partial charge in [-0.15, -0.1) is 10.2 Å². The summed E-state index contributed by atoms with van der Waals surface area (Å²) in [5.74, 6) is -2.92. The maximum atomic E-state index is 14.7. The van der Waals surface area contributed by atoms with Gasteiger partial charge in [0.1, 0.15) is 23.1 Å². The van der Waals surface area contributed by atoms with Crippen LogP contribution >= 0.6 is 0 Å². The molecule has 15 heteroatoms. The third-order valence-electron chi connectivity index (χ3n) is 7.08. The van der Waals surface area contributed by atoms with Crippen LogP contribution in [-0.2, 0) is 4.74 Å². The molecule has 2 fully saturated rings. The zero-order valence-corrected chi connectivity index (χ0v) is 20.3. The Hall–Kier alpha value is -3.59. The number of halogens is 5. The molecule has 2 saturated heterocycles. The Balaban J connectivity index is 1.34. The van der Waals surface area contributed by atoms with Crippen molar-refractivity contribution in [2.75, 3.05) is 38.7 Å². The summed E-state index contributed by atoms with van der Waals surface area (Å²) in [4.78, 5) is 6.02. The molecule has 2 aliphatic rings. The molecule has 2 aliphatic heterocycles. The standard InChI is InChI=1S/C23H23F5N8O2/c1-12(23(26,27)28)36-17-7-13(3-4-16(17)31-33-36)15-5-6-35-19(15)20(37-2)30-21(32-35)29-18-8-34(11-22(18,24)25)14-9-38-10-14/h3-7,12,14,18H,8-11H2,1-2H3,(H,29,32)/t12-,18-/m1/s1. The fourth-order valence-electron chi connectivity index (χ4n) is 4.79. The number of rotatable bonds is 6. The van der Waals surface area contributed by atoms with Gasteiger partial charge in [-0.2, -0.15) is 18.2 Å². The molecule has 0 amide bonds. The van der Waals surface area contributed by atoms with Crippen LogP contribution in [0.4, 0.5) is 27.9 Å². The van der Waals surface area contributed by atoms with Gasteiger partial charge in [-0.3, -0.25) is 4.90 Å². The lowest BCUT2D eigenvalue weighted by molar-refractivity contribution is -0.164. The first-order chi connectivity index (χ1) is 18.0. The van der Waals surface area contributed by atoms with E-state index < -0.39 is 24.2 Å². The van der Waals surface area contributed by atoms with Gasteiger partial charge < -0.3 is 14.8 Å². The normalized spacial score (nSPS) is 21.2. The summed E-state index contributed by atoms with van der Waals surface area (Å²) in [5, 5.41) is 14.6. The number of hydrogen-bond acceptors (Lipinski definition) is 8. The molecule has 1 N–H and O–H groups in total. The van der Waals surface area contributed by atoms with Crippen LogP contribution in [0, 0.1) is 0 Å². The van der Waals surface area contributed by atoms with Crippen LogP contribution < -0.4 is 10.1 Å². The van der Waals surface area contributed by atoms with Gasteiger partial charge in [0.15, 0.2) is 0 Å². The van der Waals surface area contributed by atoms with Crippen LogP contribution in [0.2, 0.25) is 0 Å². The lowest BCUT2D eigenvalue weighted by Crippen LogP contribution is -2.48. The quantitative estimate of drug-likeness (QED) is 0.374. The third-order valence-corrected chi connectivity index (χ3v) is 7.08. The van der Waals surface area contributed by atoms with Crippen LogP contribution in [0.3, 0.4) is 0 Å². The first-order valence-electron chi connectivity index (χ1n) is 11.9.